The number of aryl methyl sites for hydroxylation is 1. The summed E-state index contributed by atoms with van der Waals surface area (Å²) in [5.41, 5.74) is 1.84. The monoisotopic (exact) mass is 393 g/mol. The molecule has 146 valence electrons. The van der Waals surface area contributed by atoms with Crippen molar-refractivity contribution in [3.8, 4) is 22.6 Å². The molecule has 4 rings (SSSR count). The van der Waals surface area contributed by atoms with E-state index in [2.05, 4.69) is 30.4 Å². The number of H-pyrrole nitrogens is 2. The number of nitrogens with one attached hydrogen (secondary N) is 3. The molecule has 4 aromatic rings. The highest BCUT2D eigenvalue weighted by molar-refractivity contribution is 5.90. The Morgan fingerprint density at radius 3 is 2.76 bits per heavy atom. The molecule has 1 aromatic carbocycles. The molecule has 0 saturated carbocycles. The maximum atomic E-state index is 13.7. The molecule has 9 nitrogen and oxygen atoms in total. The standard InChI is InChI=1S/C19H16FN7O2/c1-27-19(29)25-17(26-27)18(28)22-10-14-23-15(11-5-4-6-12(20)9-11)16(24-14)13-7-2-3-8-21-13/h2-9H,10H2,1H3,(H,22,28)(H,23,24)(H,25,26,29). The summed E-state index contributed by atoms with van der Waals surface area (Å²) in [5.74, 6) is -0.590. The first-order valence-corrected chi connectivity index (χ1v) is 8.69. The van der Waals surface area contributed by atoms with Gasteiger partial charge in [-0.05, 0) is 24.3 Å². The number of hydrogen-bond acceptors (Lipinski definition) is 5. The number of nitrogens with zero attached hydrogens (tertiary/aromatic N) is 4. The van der Waals surface area contributed by atoms with Crippen LogP contribution >= 0.6 is 0 Å². The molecule has 3 N–H and O–H groups in total. The van der Waals surface area contributed by atoms with Gasteiger partial charge >= 0.3 is 5.69 Å². The molecule has 3 aromatic heterocycles. The van der Waals surface area contributed by atoms with Crippen LogP contribution in [0.4, 0.5) is 4.39 Å². The summed E-state index contributed by atoms with van der Waals surface area (Å²) in [4.78, 5) is 37.9. The molecule has 0 radical (unpaired) electrons. The number of imidazole rings is 1. The first-order valence-electron chi connectivity index (χ1n) is 8.69. The Labute approximate surface area is 163 Å². The number of aromatic nitrogens is 6. The van der Waals surface area contributed by atoms with Gasteiger partial charge in [-0.2, -0.15) is 0 Å². The lowest BCUT2D eigenvalue weighted by Crippen LogP contribution is -2.25. The summed E-state index contributed by atoms with van der Waals surface area (Å²) in [5, 5.41) is 6.44. The maximum absolute atomic E-state index is 13.7. The molecule has 3 heterocycles. The average Bonchev–Trinajstić information content (AvgIpc) is 3.30. The molecular weight excluding hydrogens is 377 g/mol. The molecule has 0 bridgehead atoms. The normalized spacial score (nSPS) is 10.8. The zero-order valence-electron chi connectivity index (χ0n) is 15.3. The van der Waals surface area contributed by atoms with E-state index in [1.807, 2.05) is 6.07 Å². The predicted molar refractivity (Wildman–Crippen MR) is 102 cm³/mol. The van der Waals surface area contributed by atoms with Gasteiger partial charge in [-0.1, -0.05) is 18.2 Å². The van der Waals surface area contributed by atoms with Crippen molar-refractivity contribution in [3.05, 3.63) is 76.6 Å². The summed E-state index contributed by atoms with van der Waals surface area (Å²) in [6.45, 7) is 0.0482. The summed E-state index contributed by atoms with van der Waals surface area (Å²) >= 11 is 0. The SMILES string of the molecule is Cn1nc(C(=O)NCc2nc(-c3cccc(F)c3)c(-c3ccccn3)[nH]2)[nH]c1=O. The van der Waals surface area contributed by atoms with Crippen molar-refractivity contribution in [3.63, 3.8) is 0 Å². The van der Waals surface area contributed by atoms with Crippen LogP contribution in [0.25, 0.3) is 22.6 Å². The first-order chi connectivity index (χ1) is 14.0. The van der Waals surface area contributed by atoms with E-state index < -0.39 is 11.6 Å². The van der Waals surface area contributed by atoms with Crippen molar-refractivity contribution in [1.82, 2.24) is 35.0 Å². The Morgan fingerprint density at radius 2 is 2.07 bits per heavy atom. The molecule has 0 fully saturated rings. The number of benzene rings is 1. The Bertz CT molecular complexity index is 1230. The van der Waals surface area contributed by atoms with E-state index in [4.69, 9.17) is 0 Å². The predicted octanol–water partition coefficient (Wildman–Crippen LogP) is 1.63. The van der Waals surface area contributed by atoms with Crippen molar-refractivity contribution in [2.24, 2.45) is 7.05 Å². The molecule has 10 heteroatoms. The van der Waals surface area contributed by atoms with E-state index in [0.29, 0.717) is 28.5 Å². The van der Waals surface area contributed by atoms with Gasteiger partial charge in [0.1, 0.15) is 11.6 Å². The zero-order chi connectivity index (χ0) is 20.4. The molecule has 0 aliphatic heterocycles. The molecule has 0 aliphatic carbocycles. The topological polar surface area (TPSA) is 121 Å². The highest BCUT2D eigenvalue weighted by atomic mass is 19.1. The van der Waals surface area contributed by atoms with Gasteiger partial charge < -0.3 is 10.3 Å². The smallest absolute Gasteiger partial charge is 0.342 e. The van der Waals surface area contributed by atoms with Crippen molar-refractivity contribution in [2.75, 3.05) is 0 Å². The molecular formula is C19H16FN7O2. The van der Waals surface area contributed by atoms with E-state index in [1.54, 1.807) is 30.5 Å². The highest BCUT2D eigenvalue weighted by Gasteiger charge is 2.17. The van der Waals surface area contributed by atoms with E-state index in [0.717, 1.165) is 4.68 Å². The van der Waals surface area contributed by atoms with Crippen molar-refractivity contribution >= 4 is 5.91 Å². The molecule has 0 unspecified atom stereocenters. The number of amides is 1. The largest absolute Gasteiger partial charge is 0.343 e. The molecule has 29 heavy (non-hydrogen) atoms. The second kappa shape index (κ2) is 7.50. The van der Waals surface area contributed by atoms with Gasteiger partial charge in [-0.25, -0.2) is 18.9 Å². The van der Waals surface area contributed by atoms with Gasteiger partial charge in [0.05, 0.1) is 23.6 Å². The highest BCUT2D eigenvalue weighted by Crippen LogP contribution is 2.29. The fourth-order valence-electron chi connectivity index (χ4n) is 2.80. The van der Waals surface area contributed by atoms with Crippen LogP contribution in [0.1, 0.15) is 16.4 Å². The average molecular weight is 393 g/mol. The second-order valence-electron chi connectivity index (χ2n) is 6.22. The fourth-order valence-corrected chi connectivity index (χ4v) is 2.80. The lowest BCUT2D eigenvalue weighted by molar-refractivity contribution is 0.0939. The minimum Gasteiger partial charge on any atom is -0.342 e. The van der Waals surface area contributed by atoms with E-state index in [1.165, 1.54) is 19.2 Å². The summed E-state index contributed by atoms with van der Waals surface area (Å²) in [7, 11) is 1.44. The van der Waals surface area contributed by atoms with Crippen LogP contribution in [0, 0.1) is 5.82 Å². The van der Waals surface area contributed by atoms with Gasteiger partial charge in [-0.3, -0.25) is 14.8 Å². The summed E-state index contributed by atoms with van der Waals surface area (Å²) < 4.78 is 14.8. The third kappa shape index (κ3) is 3.81. The number of halogens is 1. The number of pyridine rings is 1. The zero-order valence-corrected chi connectivity index (χ0v) is 15.3. The number of aromatic amines is 2. The summed E-state index contributed by atoms with van der Waals surface area (Å²) in [6.07, 6.45) is 1.64. The third-order valence-electron chi connectivity index (χ3n) is 4.17. The molecule has 0 saturated heterocycles. The van der Waals surface area contributed by atoms with Crippen LogP contribution < -0.4 is 11.0 Å². The van der Waals surface area contributed by atoms with Crippen molar-refractivity contribution < 1.29 is 9.18 Å². The number of carbonyl (C=O) groups excluding carboxylic acids is 1. The molecule has 0 spiro atoms. The number of carbonyl (C=O) groups is 1. The van der Waals surface area contributed by atoms with Gasteiger partial charge in [0.2, 0.25) is 5.82 Å². The van der Waals surface area contributed by atoms with Crippen LogP contribution in [0.5, 0.6) is 0 Å². The molecule has 0 aliphatic rings. The Kier molecular flexibility index (Phi) is 4.73. The number of hydrogen-bond donors (Lipinski definition) is 3. The van der Waals surface area contributed by atoms with Crippen molar-refractivity contribution in [2.45, 2.75) is 6.54 Å². The Balaban J connectivity index is 1.64. The Morgan fingerprint density at radius 1 is 1.21 bits per heavy atom. The number of rotatable bonds is 5. The second-order valence-corrected chi connectivity index (χ2v) is 6.22. The van der Waals surface area contributed by atoms with E-state index in [-0.39, 0.29) is 18.2 Å². The van der Waals surface area contributed by atoms with Crippen LogP contribution in [-0.4, -0.2) is 35.6 Å². The summed E-state index contributed by atoms with van der Waals surface area (Å²) in [6, 6.07) is 11.5. The first kappa shape index (κ1) is 18.3. The maximum Gasteiger partial charge on any atom is 0.343 e. The van der Waals surface area contributed by atoms with E-state index >= 15 is 0 Å². The van der Waals surface area contributed by atoms with Crippen LogP contribution in [-0.2, 0) is 13.6 Å². The minimum atomic E-state index is -0.550. The van der Waals surface area contributed by atoms with Gasteiger partial charge in [0.25, 0.3) is 5.91 Å². The van der Waals surface area contributed by atoms with Crippen molar-refractivity contribution in [1.29, 1.82) is 0 Å². The lowest BCUT2D eigenvalue weighted by Gasteiger charge is -2.02. The van der Waals surface area contributed by atoms with E-state index in [9.17, 15) is 14.0 Å². The van der Waals surface area contributed by atoms with Crippen LogP contribution in [0.3, 0.4) is 0 Å². The van der Waals surface area contributed by atoms with Crippen LogP contribution in [0.15, 0.2) is 53.5 Å². The quantitative estimate of drug-likeness (QED) is 0.476. The van der Waals surface area contributed by atoms with Gasteiger partial charge in [0.15, 0.2) is 0 Å². The Hall–Kier alpha value is -4.08. The lowest BCUT2D eigenvalue weighted by atomic mass is 10.1. The van der Waals surface area contributed by atoms with Gasteiger partial charge in [0, 0.05) is 18.8 Å². The third-order valence-corrected chi connectivity index (χ3v) is 4.17. The minimum absolute atomic E-state index is 0.0482. The molecule has 0 atom stereocenters. The van der Waals surface area contributed by atoms with Crippen LogP contribution in [0.2, 0.25) is 0 Å². The fraction of sp³-hybridized carbons (Fsp3) is 0.105. The van der Waals surface area contributed by atoms with Gasteiger partial charge in [-0.15, -0.1) is 5.10 Å². The molecule has 1 amide bonds.